The molecule has 2 aromatic rings. The van der Waals surface area contributed by atoms with E-state index in [2.05, 4.69) is 49.1 Å². The Hall–Kier alpha value is -1.17. The third-order valence-corrected chi connectivity index (χ3v) is 4.19. The van der Waals surface area contributed by atoms with Crippen LogP contribution in [0.5, 0.6) is 0 Å². The van der Waals surface area contributed by atoms with Gasteiger partial charge in [0, 0.05) is 23.5 Å². The lowest BCUT2D eigenvalue weighted by molar-refractivity contribution is 0.289. The van der Waals surface area contributed by atoms with Crippen LogP contribution in [0.1, 0.15) is 35.7 Å². The Bertz CT molecular complexity index is 547. The molecule has 5 heteroatoms. The lowest BCUT2D eigenvalue weighted by atomic mass is 10.2. The Kier molecular flexibility index (Phi) is 5.96. The van der Waals surface area contributed by atoms with Crippen LogP contribution in [0.2, 0.25) is 0 Å². The number of thiazole rings is 1. The van der Waals surface area contributed by atoms with Gasteiger partial charge in [-0.1, -0.05) is 13.8 Å². The Morgan fingerprint density at radius 1 is 1.38 bits per heavy atom. The van der Waals surface area contributed by atoms with Crippen molar-refractivity contribution in [2.24, 2.45) is 5.92 Å². The SMILES string of the molecule is Cc1ncsc1CN(C)Cc1cc(CNCC(C)C)co1. The van der Waals surface area contributed by atoms with Crippen molar-refractivity contribution < 1.29 is 4.42 Å². The van der Waals surface area contributed by atoms with Crippen LogP contribution in [0.15, 0.2) is 22.3 Å². The lowest BCUT2D eigenvalue weighted by Gasteiger charge is -2.13. The summed E-state index contributed by atoms with van der Waals surface area (Å²) < 4.78 is 5.65. The zero-order valence-corrected chi connectivity index (χ0v) is 14.2. The number of hydrogen-bond acceptors (Lipinski definition) is 5. The molecular formula is C16H25N3OS. The van der Waals surface area contributed by atoms with Crippen molar-refractivity contribution in [2.75, 3.05) is 13.6 Å². The molecule has 0 atom stereocenters. The molecule has 2 aromatic heterocycles. The maximum absolute atomic E-state index is 5.65. The summed E-state index contributed by atoms with van der Waals surface area (Å²) in [6.45, 7) is 10.1. The Morgan fingerprint density at radius 3 is 2.86 bits per heavy atom. The quantitative estimate of drug-likeness (QED) is 0.811. The van der Waals surface area contributed by atoms with Gasteiger partial charge in [0.1, 0.15) is 5.76 Å². The van der Waals surface area contributed by atoms with E-state index in [1.807, 2.05) is 11.8 Å². The number of rotatable bonds is 8. The van der Waals surface area contributed by atoms with Crippen molar-refractivity contribution in [2.45, 2.75) is 40.4 Å². The Balaban J connectivity index is 1.80. The summed E-state index contributed by atoms with van der Waals surface area (Å²) in [6, 6.07) is 2.14. The second-order valence-corrected chi connectivity index (χ2v) is 6.92. The Morgan fingerprint density at radius 2 is 2.19 bits per heavy atom. The lowest BCUT2D eigenvalue weighted by Crippen LogP contribution is -2.18. The second kappa shape index (κ2) is 7.73. The van der Waals surface area contributed by atoms with Crippen molar-refractivity contribution in [3.05, 3.63) is 39.7 Å². The summed E-state index contributed by atoms with van der Waals surface area (Å²) in [4.78, 5) is 7.87. The standard InChI is InChI=1S/C16H25N3OS/c1-12(2)6-17-7-14-5-15(20-10-14)8-19(4)9-16-13(3)18-11-21-16/h5,10-12,17H,6-9H2,1-4H3. The minimum absolute atomic E-state index is 0.671. The molecule has 0 aliphatic carbocycles. The van der Waals surface area contributed by atoms with Gasteiger partial charge in [0.05, 0.1) is 24.0 Å². The fraction of sp³-hybridized carbons (Fsp3) is 0.562. The summed E-state index contributed by atoms with van der Waals surface area (Å²) in [7, 11) is 2.11. The monoisotopic (exact) mass is 307 g/mol. The molecular weight excluding hydrogens is 282 g/mol. The number of aromatic nitrogens is 1. The molecule has 0 spiro atoms. The zero-order valence-electron chi connectivity index (χ0n) is 13.3. The molecule has 0 fully saturated rings. The fourth-order valence-corrected chi connectivity index (χ4v) is 3.01. The molecule has 0 amide bonds. The fourth-order valence-electron chi connectivity index (χ4n) is 2.15. The molecule has 0 saturated carbocycles. The highest BCUT2D eigenvalue weighted by Crippen LogP contribution is 2.16. The molecule has 21 heavy (non-hydrogen) atoms. The van der Waals surface area contributed by atoms with E-state index < -0.39 is 0 Å². The third-order valence-electron chi connectivity index (χ3n) is 3.27. The summed E-state index contributed by atoms with van der Waals surface area (Å²) >= 11 is 1.71. The van der Waals surface area contributed by atoms with Gasteiger partial charge in [0.2, 0.25) is 0 Å². The van der Waals surface area contributed by atoms with Crippen molar-refractivity contribution in [3.8, 4) is 0 Å². The predicted octanol–water partition coefficient (Wildman–Crippen LogP) is 3.42. The summed E-state index contributed by atoms with van der Waals surface area (Å²) in [5.41, 5.74) is 4.25. The van der Waals surface area contributed by atoms with Gasteiger partial charge in [0.15, 0.2) is 0 Å². The van der Waals surface area contributed by atoms with E-state index in [1.54, 1.807) is 11.3 Å². The van der Waals surface area contributed by atoms with Gasteiger partial charge in [-0.15, -0.1) is 11.3 Å². The number of hydrogen-bond donors (Lipinski definition) is 1. The molecule has 1 N–H and O–H groups in total. The first-order valence-electron chi connectivity index (χ1n) is 7.39. The molecule has 2 rings (SSSR count). The molecule has 0 bridgehead atoms. The number of nitrogens with one attached hydrogen (secondary N) is 1. The highest BCUT2D eigenvalue weighted by Gasteiger charge is 2.09. The van der Waals surface area contributed by atoms with Crippen LogP contribution in [-0.4, -0.2) is 23.5 Å². The van der Waals surface area contributed by atoms with Crippen molar-refractivity contribution in [1.29, 1.82) is 0 Å². The van der Waals surface area contributed by atoms with Crippen LogP contribution in [0, 0.1) is 12.8 Å². The van der Waals surface area contributed by atoms with Gasteiger partial charge in [0.25, 0.3) is 0 Å². The molecule has 0 saturated heterocycles. The third kappa shape index (κ3) is 5.26. The smallest absolute Gasteiger partial charge is 0.118 e. The first-order chi connectivity index (χ1) is 10.0. The predicted molar refractivity (Wildman–Crippen MR) is 87.3 cm³/mol. The Labute approximate surface area is 131 Å². The normalized spacial score (nSPS) is 11.7. The molecule has 0 aliphatic rings. The van der Waals surface area contributed by atoms with Gasteiger partial charge in [-0.05, 0) is 32.5 Å². The maximum atomic E-state index is 5.65. The average Bonchev–Trinajstić information content (AvgIpc) is 3.00. The zero-order chi connectivity index (χ0) is 15.2. The molecule has 0 aliphatic heterocycles. The average molecular weight is 307 g/mol. The number of aryl methyl sites for hydroxylation is 1. The first kappa shape index (κ1) is 16.2. The molecule has 2 heterocycles. The maximum Gasteiger partial charge on any atom is 0.118 e. The van der Waals surface area contributed by atoms with E-state index >= 15 is 0 Å². The van der Waals surface area contributed by atoms with Crippen LogP contribution in [0.4, 0.5) is 0 Å². The summed E-state index contributed by atoms with van der Waals surface area (Å²) in [6.07, 6.45) is 1.86. The second-order valence-electron chi connectivity index (χ2n) is 5.98. The highest BCUT2D eigenvalue weighted by atomic mass is 32.1. The van der Waals surface area contributed by atoms with Gasteiger partial charge in [-0.25, -0.2) is 4.98 Å². The van der Waals surface area contributed by atoms with E-state index in [0.717, 1.165) is 37.6 Å². The topological polar surface area (TPSA) is 41.3 Å². The molecule has 116 valence electrons. The summed E-state index contributed by atoms with van der Waals surface area (Å²) in [5, 5.41) is 3.43. The van der Waals surface area contributed by atoms with E-state index in [1.165, 1.54) is 10.4 Å². The van der Waals surface area contributed by atoms with Crippen LogP contribution >= 0.6 is 11.3 Å². The van der Waals surface area contributed by atoms with E-state index in [4.69, 9.17) is 4.42 Å². The highest BCUT2D eigenvalue weighted by molar-refractivity contribution is 7.09. The minimum Gasteiger partial charge on any atom is -0.468 e. The van der Waals surface area contributed by atoms with Gasteiger partial charge in [-0.2, -0.15) is 0 Å². The van der Waals surface area contributed by atoms with Gasteiger partial charge >= 0.3 is 0 Å². The van der Waals surface area contributed by atoms with Gasteiger partial charge < -0.3 is 9.73 Å². The van der Waals surface area contributed by atoms with Crippen molar-refractivity contribution in [1.82, 2.24) is 15.2 Å². The van der Waals surface area contributed by atoms with Crippen LogP contribution in [-0.2, 0) is 19.6 Å². The molecule has 0 unspecified atom stereocenters. The van der Waals surface area contributed by atoms with Crippen LogP contribution in [0.3, 0.4) is 0 Å². The number of nitrogens with zero attached hydrogens (tertiary/aromatic N) is 2. The molecule has 0 aromatic carbocycles. The summed E-state index contributed by atoms with van der Waals surface area (Å²) in [5.74, 6) is 1.69. The number of furan rings is 1. The van der Waals surface area contributed by atoms with Crippen molar-refractivity contribution in [3.63, 3.8) is 0 Å². The molecule has 0 radical (unpaired) electrons. The molecule has 4 nitrogen and oxygen atoms in total. The largest absolute Gasteiger partial charge is 0.468 e. The first-order valence-corrected chi connectivity index (χ1v) is 8.27. The van der Waals surface area contributed by atoms with Crippen molar-refractivity contribution >= 4 is 11.3 Å². The van der Waals surface area contributed by atoms with E-state index in [0.29, 0.717) is 5.92 Å². The van der Waals surface area contributed by atoms with Crippen LogP contribution in [0.25, 0.3) is 0 Å². The van der Waals surface area contributed by atoms with Gasteiger partial charge in [-0.3, -0.25) is 4.90 Å². The van der Waals surface area contributed by atoms with E-state index in [-0.39, 0.29) is 0 Å². The van der Waals surface area contributed by atoms with E-state index in [9.17, 15) is 0 Å². The minimum atomic E-state index is 0.671. The van der Waals surface area contributed by atoms with Crippen LogP contribution < -0.4 is 5.32 Å².